The van der Waals surface area contributed by atoms with Crippen molar-refractivity contribution in [2.45, 2.75) is 25.4 Å². The lowest BCUT2D eigenvalue weighted by Crippen LogP contribution is -2.48. The molecule has 1 aromatic carbocycles. The molecule has 0 unspecified atom stereocenters. The average Bonchev–Trinajstić information content (AvgIpc) is 3.33. The van der Waals surface area contributed by atoms with Gasteiger partial charge in [-0.2, -0.15) is 0 Å². The van der Waals surface area contributed by atoms with Crippen molar-refractivity contribution in [1.29, 1.82) is 0 Å². The van der Waals surface area contributed by atoms with Gasteiger partial charge in [0.25, 0.3) is 11.5 Å². The first kappa shape index (κ1) is 16.1. The zero-order chi connectivity index (χ0) is 18.6. The fourth-order valence-corrected chi connectivity index (χ4v) is 3.12. The number of anilines is 1. The predicted molar refractivity (Wildman–Crippen MR) is 91.1 cm³/mol. The molecule has 0 saturated heterocycles. The minimum atomic E-state index is -0.976. The molecule has 1 aromatic heterocycles. The zero-order valence-electron chi connectivity index (χ0n) is 13.8. The van der Waals surface area contributed by atoms with Gasteiger partial charge in [-0.05, 0) is 13.0 Å². The van der Waals surface area contributed by atoms with Crippen LogP contribution in [0.25, 0.3) is 5.69 Å². The largest absolute Gasteiger partial charge is 0.475 e. The SMILES string of the molecule is C#CCN1C(=O)C2(CC2)Oc2cc(F)c(-n3c(=O)cc(C)[nH]c3=O)cc21. The molecule has 132 valence electrons. The standard InChI is InChI=1S/C18H14FN3O4/c1-3-6-21-13-9-12(22-15(23)7-10(2)20-17(22)25)11(19)8-14(13)26-18(4-5-18)16(21)24/h1,7-9H,4-6H2,2H3,(H,20,25). The molecule has 0 atom stereocenters. The van der Waals surface area contributed by atoms with Gasteiger partial charge in [-0.25, -0.2) is 13.8 Å². The summed E-state index contributed by atoms with van der Waals surface area (Å²) in [4.78, 5) is 40.8. The van der Waals surface area contributed by atoms with Gasteiger partial charge in [0.1, 0.15) is 5.75 Å². The summed E-state index contributed by atoms with van der Waals surface area (Å²) >= 11 is 0. The number of H-pyrrole nitrogens is 1. The van der Waals surface area contributed by atoms with Crippen LogP contribution in [0.4, 0.5) is 10.1 Å². The van der Waals surface area contributed by atoms with Crippen LogP contribution in [0.5, 0.6) is 5.75 Å². The highest BCUT2D eigenvalue weighted by Gasteiger charge is 2.58. The van der Waals surface area contributed by atoms with Gasteiger partial charge in [0.05, 0.1) is 17.9 Å². The van der Waals surface area contributed by atoms with Crippen molar-refractivity contribution in [3.05, 3.63) is 50.5 Å². The second kappa shape index (κ2) is 5.33. The smallest absolute Gasteiger partial charge is 0.333 e. The molecular formula is C18H14FN3O4. The number of benzene rings is 1. The summed E-state index contributed by atoms with van der Waals surface area (Å²) in [5.41, 5.74) is -2.13. The molecule has 1 N–H and O–H groups in total. The number of carbonyl (C=O) groups is 1. The highest BCUT2D eigenvalue weighted by molar-refractivity contribution is 6.05. The molecule has 8 heteroatoms. The van der Waals surface area contributed by atoms with E-state index in [9.17, 15) is 18.8 Å². The van der Waals surface area contributed by atoms with Crippen LogP contribution in [0, 0.1) is 25.1 Å². The second-order valence-electron chi connectivity index (χ2n) is 6.39. The number of rotatable bonds is 2. The van der Waals surface area contributed by atoms with E-state index in [4.69, 9.17) is 11.2 Å². The third-order valence-corrected chi connectivity index (χ3v) is 4.52. The number of hydrogen-bond donors (Lipinski definition) is 1. The fourth-order valence-electron chi connectivity index (χ4n) is 3.12. The Kier molecular flexibility index (Phi) is 3.31. The Morgan fingerprint density at radius 2 is 2.00 bits per heavy atom. The van der Waals surface area contributed by atoms with Crippen molar-refractivity contribution < 1.29 is 13.9 Å². The first-order valence-electron chi connectivity index (χ1n) is 7.98. The Bertz CT molecular complexity index is 1070. The Morgan fingerprint density at radius 1 is 1.27 bits per heavy atom. The lowest BCUT2D eigenvalue weighted by molar-refractivity contribution is -0.128. The third kappa shape index (κ3) is 2.24. The van der Waals surface area contributed by atoms with Gasteiger partial charge >= 0.3 is 5.69 Å². The molecule has 0 radical (unpaired) electrons. The molecule has 1 spiro atoms. The maximum atomic E-state index is 14.7. The quantitative estimate of drug-likeness (QED) is 0.810. The van der Waals surface area contributed by atoms with Crippen LogP contribution in [-0.2, 0) is 4.79 Å². The molecule has 26 heavy (non-hydrogen) atoms. The number of nitrogens with one attached hydrogen (secondary N) is 1. The minimum Gasteiger partial charge on any atom is -0.475 e. The Morgan fingerprint density at radius 3 is 2.62 bits per heavy atom. The lowest BCUT2D eigenvalue weighted by Gasteiger charge is -2.34. The molecule has 1 aliphatic carbocycles. The van der Waals surface area contributed by atoms with Crippen molar-refractivity contribution in [2.75, 3.05) is 11.4 Å². The fraction of sp³-hybridized carbons (Fsp3) is 0.278. The van der Waals surface area contributed by atoms with Crippen LogP contribution in [0.1, 0.15) is 18.5 Å². The van der Waals surface area contributed by atoms with E-state index >= 15 is 0 Å². The number of halogens is 1. The minimum absolute atomic E-state index is 0.0266. The molecule has 2 aliphatic rings. The van der Waals surface area contributed by atoms with Gasteiger partial charge in [0.15, 0.2) is 11.4 Å². The summed E-state index contributed by atoms with van der Waals surface area (Å²) in [6.45, 7) is 1.52. The highest BCUT2D eigenvalue weighted by atomic mass is 19.1. The molecule has 1 fully saturated rings. The predicted octanol–water partition coefficient (Wildman–Crippen LogP) is 0.865. The number of carbonyl (C=O) groups excluding carboxylic acids is 1. The van der Waals surface area contributed by atoms with Crippen molar-refractivity contribution in [2.24, 2.45) is 0 Å². The lowest BCUT2D eigenvalue weighted by atomic mass is 10.1. The van der Waals surface area contributed by atoms with E-state index in [2.05, 4.69) is 10.9 Å². The number of hydrogen-bond acceptors (Lipinski definition) is 4. The van der Waals surface area contributed by atoms with E-state index in [0.717, 1.165) is 6.07 Å². The summed E-state index contributed by atoms with van der Waals surface area (Å²) in [5, 5.41) is 0. The van der Waals surface area contributed by atoms with Crippen molar-refractivity contribution in [3.8, 4) is 23.8 Å². The zero-order valence-corrected chi connectivity index (χ0v) is 13.8. The van der Waals surface area contributed by atoms with E-state index in [-0.39, 0.29) is 29.6 Å². The molecule has 4 rings (SSSR count). The number of aromatic nitrogens is 2. The van der Waals surface area contributed by atoms with Gasteiger partial charge in [-0.15, -0.1) is 6.42 Å². The maximum absolute atomic E-state index is 14.7. The molecular weight excluding hydrogens is 341 g/mol. The Hall–Kier alpha value is -3.34. The molecule has 1 saturated carbocycles. The van der Waals surface area contributed by atoms with Crippen molar-refractivity contribution in [3.63, 3.8) is 0 Å². The normalized spacial score (nSPS) is 16.8. The second-order valence-corrected chi connectivity index (χ2v) is 6.39. The molecule has 7 nitrogen and oxygen atoms in total. The average molecular weight is 355 g/mol. The third-order valence-electron chi connectivity index (χ3n) is 4.52. The molecule has 1 amide bonds. The van der Waals surface area contributed by atoms with Crippen LogP contribution in [0.2, 0.25) is 0 Å². The number of aryl methyl sites for hydroxylation is 1. The maximum Gasteiger partial charge on any atom is 0.333 e. The van der Waals surface area contributed by atoms with Crippen LogP contribution in [0.3, 0.4) is 0 Å². The van der Waals surface area contributed by atoms with Gasteiger partial charge in [-0.3, -0.25) is 14.5 Å². The van der Waals surface area contributed by atoms with Crippen LogP contribution >= 0.6 is 0 Å². The van der Waals surface area contributed by atoms with E-state index in [1.807, 2.05) is 0 Å². The Labute approximate surface area is 147 Å². The van der Waals surface area contributed by atoms with Gasteiger partial charge < -0.3 is 9.72 Å². The topological polar surface area (TPSA) is 84.4 Å². The summed E-state index contributed by atoms with van der Waals surface area (Å²) in [5.74, 6) is 1.45. The van der Waals surface area contributed by atoms with Crippen LogP contribution in [0.15, 0.2) is 27.8 Å². The molecule has 1 aliphatic heterocycles. The number of fused-ring (bicyclic) bond motifs is 1. The number of amides is 1. The van der Waals surface area contributed by atoms with Crippen LogP contribution < -0.4 is 20.9 Å². The van der Waals surface area contributed by atoms with E-state index in [1.54, 1.807) is 6.92 Å². The van der Waals surface area contributed by atoms with Crippen LogP contribution in [-0.4, -0.2) is 27.6 Å². The number of aromatic amines is 1. The van der Waals surface area contributed by atoms with E-state index < -0.39 is 22.7 Å². The van der Waals surface area contributed by atoms with Gasteiger partial charge in [0.2, 0.25) is 0 Å². The molecule has 2 aromatic rings. The molecule has 0 bridgehead atoms. The number of ether oxygens (including phenoxy) is 1. The number of terminal acetylenes is 1. The summed E-state index contributed by atoms with van der Waals surface area (Å²) in [6, 6.07) is 3.49. The van der Waals surface area contributed by atoms with Gasteiger partial charge in [-0.1, -0.05) is 5.92 Å². The first-order valence-corrected chi connectivity index (χ1v) is 7.98. The van der Waals surface area contributed by atoms with E-state index in [0.29, 0.717) is 23.1 Å². The van der Waals surface area contributed by atoms with Gasteiger partial charge in [0, 0.05) is 30.7 Å². The summed E-state index contributed by atoms with van der Waals surface area (Å²) in [7, 11) is 0. The highest BCUT2D eigenvalue weighted by Crippen LogP contribution is 2.49. The first-order chi connectivity index (χ1) is 12.4. The summed E-state index contributed by atoms with van der Waals surface area (Å²) in [6.07, 6.45) is 6.43. The van der Waals surface area contributed by atoms with E-state index in [1.165, 1.54) is 17.0 Å². The summed E-state index contributed by atoms with van der Waals surface area (Å²) < 4.78 is 21.0. The monoisotopic (exact) mass is 355 g/mol. The Balaban J connectivity index is 1.94. The molecule has 2 heterocycles. The number of nitrogens with zero attached hydrogens (tertiary/aromatic N) is 2. The van der Waals surface area contributed by atoms with Crippen molar-refractivity contribution in [1.82, 2.24) is 9.55 Å². The van der Waals surface area contributed by atoms with Crippen molar-refractivity contribution >= 4 is 11.6 Å².